The van der Waals surface area contributed by atoms with E-state index < -0.39 is 0 Å². The highest BCUT2D eigenvalue weighted by atomic mass is 35.5. The molecule has 2 aromatic carbocycles. The lowest BCUT2D eigenvalue weighted by molar-refractivity contribution is 0.482. The van der Waals surface area contributed by atoms with Gasteiger partial charge in [0.2, 0.25) is 4.47 Å². The van der Waals surface area contributed by atoms with Crippen molar-refractivity contribution >= 4 is 23.1 Å². The molecule has 0 fully saturated rings. The minimum atomic E-state index is 0.476. The number of rotatable bonds is 4. The zero-order chi connectivity index (χ0) is 14.7. The Bertz CT molecular complexity index is 723. The molecular formula is C16H13ClN2OS. The van der Waals surface area contributed by atoms with Crippen molar-refractivity contribution in [2.45, 2.75) is 13.3 Å². The normalized spacial score (nSPS) is 10.6. The van der Waals surface area contributed by atoms with Crippen molar-refractivity contribution in [3.05, 3.63) is 69.9 Å². The number of aromatic nitrogens is 2. The van der Waals surface area contributed by atoms with Crippen LogP contribution in [0, 0.1) is 6.92 Å². The molecule has 0 saturated carbocycles. The van der Waals surface area contributed by atoms with Crippen LogP contribution in [0.5, 0.6) is 11.5 Å². The van der Waals surface area contributed by atoms with E-state index in [2.05, 4.69) is 16.3 Å². The second kappa shape index (κ2) is 6.24. The zero-order valence-corrected chi connectivity index (χ0v) is 13.0. The molecule has 0 spiro atoms. The Kier molecular flexibility index (Phi) is 4.18. The standard InChI is InChI=1S/C16H13ClN2OS/c1-11-2-6-13(7-3-11)20-14-8-4-12(5-9-14)10-15-18-16(17)21-19-15/h2-9H,10H2,1H3. The topological polar surface area (TPSA) is 35.0 Å². The third kappa shape index (κ3) is 3.80. The molecule has 0 amide bonds. The number of nitrogens with zero attached hydrogens (tertiary/aromatic N) is 2. The quantitative estimate of drug-likeness (QED) is 0.688. The van der Waals surface area contributed by atoms with Crippen molar-refractivity contribution in [3.63, 3.8) is 0 Å². The van der Waals surface area contributed by atoms with Crippen LogP contribution in [0.25, 0.3) is 0 Å². The molecule has 0 N–H and O–H groups in total. The van der Waals surface area contributed by atoms with Crippen LogP contribution >= 0.6 is 23.1 Å². The summed E-state index contributed by atoms with van der Waals surface area (Å²) in [6.45, 7) is 2.05. The Morgan fingerprint density at radius 1 is 1.00 bits per heavy atom. The molecule has 0 aliphatic carbocycles. The molecule has 21 heavy (non-hydrogen) atoms. The molecule has 1 heterocycles. The van der Waals surface area contributed by atoms with Crippen LogP contribution in [0.15, 0.2) is 48.5 Å². The monoisotopic (exact) mass is 316 g/mol. The molecule has 0 atom stereocenters. The first kappa shape index (κ1) is 14.0. The zero-order valence-electron chi connectivity index (χ0n) is 11.4. The molecule has 0 radical (unpaired) electrons. The third-order valence-corrected chi connectivity index (χ3v) is 3.82. The van der Waals surface area contributed by atoms with Gasteiger partial charge in [0.1, 0.15) is 17.3 Å². The van der Waals surface area contributed by atoms with Gasteiger partial charge in [-0.3, -0.25) is 0 Å². The summed E-state index contributed by atoms with van der Waals surface area (Å²) >= 11 is 6.99. The van der Waals surface area contributed by atoms with Gasteiger partial charge in [0.05, 0.1) is 0 Å². The molecule has 5 heteroatoms. The molecule has 0 aliphatic rings. The highest BCUT2D eigenvalue weighted by Gasteiger charge is 2.04. The summed E-state index contributed by atoms with van der Waals surface area (Å²) in [5.74, 6) is 2.39. The maximum absolute atomic E-state index is 5.79. The summed E-state index contributed by atoms with van der Waals surface area (Å²) in [7, 11) is 0. The SMILES string of the molecule is Cc1ccc(Oc2ccc(Cc3nsc(Cl)n3)cc2)cc1. The molecule has 3 nitrogen and oxygen atoms in total. The van der Waals surface area contributed by atoms with E-state index in [1.165, 1.54) is 17.1 Å². The first-order chi connectivity index (χ1) is 10.2. The average molecular weight is 317 g/mol. The Balaban J connectivity index is 1.67. The van der Waals surface area contributed by atoms with E-state index in [4.69, 9.17) is 16.3 Å². The van der Waals surface area contributed by atoms with Crippen LogP contribution < -0.4 is 4.74 Å². The van der Waals surface area contributed by atoms with E-state index >= 15 is 0 Å². The van der Waals surface area contributed by atoms with E-state index in [1.807, 2.05) is 48.5 Å². The van der Waals surface area contributed by atoms with Crippen LogP contribution in [-0.4, -0.2) is 9.36 Å². The fraction of sp³-hybridized carbons (Fsp3) is 0.125. The maximum atomic E-state index is 5.79. The lowest BCUT2D eigenvalue weighted by Gasteiger charge is -2.06. The van der Waals surface area contributed by atoms with Crippen LogP contribution in [0.3, 0.4) is 0 Å². The van der Waals surface area contributed by atoms with Crippen molar-refractivity contribution in [2.24, 2.45) is 0 Å². The second-order valence-corrected chi connectivity index (χ2v) is 6.03. The van der Waals surface area contributed by atoms with Crippen LogP contribution in [0.4, 0.5) is 0 Å². The molecule has 0 aliphatic heterocycles. The number of halogens is 1. The summed E-state index contributed by atoms with van der Waals surface area (Å²) in [4.78, 5) is 4.15. The first-order valence-electron chi connectivity index (χ1n) is 6.50. The van der Waals surface area contributed by atoms with Gasteiger partial charge in [-0.1, -0.05) is 29.8 Å². The summed E-state index contributed by atoms with van der Waals surface area (Å²) in [5.41, 5.74) is 2.34. The number of hydrogen-bond donors (Lipinski definition) is 0. The predicted octanol–water partition coefficient (Wildman–Crippen LogP) is 4.88. The van der Waals surface area contributed by atoms with Gasteiger partial charge in [0.25, 0.3) is 0 Å². The Morgan fingerprint density at radius 3 is 2.19 bits per heavy atom. The summed E-state index contributed by atoms with van der Waals surface area (Å²) in [6.07, 6.45) is 0.675. The van der Waals surface area contributed by atoms with Crippen molar-refractivity contribution in [1.82, 2.24) is 9.36 Å². The predicted molar refractivity (Wildman–Crippen MR) is 85.4 cm³/mol. The molecule has 106 valence electrons. The van der Waals surface area contributed by atoms with Crippen LogP contribution in [0.2, 0.25) is 4.47 Å². The van der Waals surface area contributed by atoms with Gasteiger partial charge in [-0.25, -0.2) is 4.98 Å². The van der Waals surface area contributed by atoms with E-state index in [1.54, 1.807) is 0 Å². The second-order valence-electron chi connectivity index (χ2n) is 4.70. The molecule has 0 bridgehead atoms. The van der Waals surface area contributed by atoms with Crippen molar-refractivity contribution in [2.75, 3.05) is 0 Å². The van der Waals surface area contributed by atoms with Crippen molar-refractivity contribution < 1.29 is 4.74 Å². The smallest absolute Gasteiger partial charge is 0.203 e. The van der Waals surface area contributed by atoms with E-state index in [9.17, 15) is 0 Å². The third-order valence-electron chi connectivity index (χ3n) is 2.99. The summed E-state index contributed by atoms with van der Waals surface area (Å²) < 4.78 is 10.4. The molecule has 1 aromatic heterocycles. The van der Waals surface area contributed by atoms with Crippen molar-refractivity contribution in [1.29, 1.82) is 0 Å². The molecule has 3 rings (SSSR count). The number of hydrogen-bond acceptors (Lipinski definition) is 4. The van der Waals surface area contributed by atoms with Crippen LogP contribution in [0.1, 0.15) is 17.0 Å². The fourth-order valence-electron chi connectivity index (χ4n) is 1.90. The average Bonchev–Trinajstić information content (AvgIpc) is 2.89. The lowest BCUT2D eigenvalue weighted by atomic mass is 10.1. The number of ether oxygens (including phenoxy) is 1. The minimum Gasteiger partial charge on any atom is -0.457 e. The molecule has 0 saturated heterocycles. The largest absolute Gasteiger partial charge is 0.457 e. The fourth-order valence-corrected chi connectivity index (χ4v) is 2.54. The number of aryl methyl sites for hydroxylation is 1. The van der Waals surface area contributed by atoms with Gasteiger partial charge in [0.15, 0.2) is 0 Å². The van der Waals surface area contributed by atoms with Gasteiger partial charge >= 0.3 is 0 Å². The highest BCUT2D eigenvalue weighted by molar-refractivity contribution is 7.10. The molecule has 3 aromatic rings. The Hall–Kier alpha value is -1.91. The maximum Gasteiger partial charge on any atom is 0.203 e. The van der Waals surface area contributed by atoms with Gasteiger partial charge in [-0.2, -0.15) is 4.37 Å². The van der Waals surface area contributed by atoms with E-state index in [0.717, 1.165) is 22.9 Å². The minimum absolute atomic E-state index is 0.476. The van der Waals surface area contributed by atoms with Crippen molar-refractivity contribution in [3.8, 4) is 11.5 Å². The van der Waals surface area contributed by atoms with Gasteiger partial charge in [-0.15, -0.1) is 0 Å². The van der Waals surface area contributed by atoms with Crippen LogP contribution in [-0.2, 0) is 6.42 Å². The van der Waals surface area contributed by atoms with E-state index in [0.29, 0.717) is 10.9 Å². The first-order valence-corrected chi connectivity index (χ1v) is 7.66. The summed E-state index contributed by atoms with van der Waals surface area (Å²) in [5, 5.41) is 0. The lowest BCUT2D eigenvalue weighted by Crippen LogP contribution is -1.91. The molecular weight excluding hydrogens is 304 g/mol. The Labute approximate surface area is 132 Å². The highest BCUT2D eigenvalue weighted by Crippen LogP contribution is 2.22. The Morgan fingerprint density at radius 2 is 1.62 bits per heavy atom. The van der Waals surface area contributed by atoms with E-state index in [-0.39, 0.29) is 0 Å². The number of benzene rings is 2. The van der Waals surface area contributed by atoms with Gasteiger partial charge in [0, 0.05) is 6.42 Å². The van der Waals surface area contributed by atoms with Gasteiger partial charge < -0.3 is 4.74 Å². The molecule has 0 unspecified atom stereocenters. The summed E-state index contributed by atoms with van der Waals surface area (Å²) in [6, 6.07) is 15.9. The van der Waals surface area contributed by atoms with Gasteiger partial charge in [-0.05, 0) is 59.9 Å².